The number of hydrogen-bond donors (Lipinski definition) is 1. The van der Waals surface area contributed by atoms with Crippen molar-refractivity contribution in [1.82, 2.24) is 20.0 Å². The van der Waals surface area contributed by atoms with Crippen LogP contribution in [0, 0.1) is 6.92 Å². The van der Waals surface area contributed by atoms with Gasteiger partial charge in [0, 0.05) is 38.2 Å². The third kappa shape index (κ3) is 3.25. The van der Waals surface area contributed by atoms with E-state index in [4.69, 9.17) is 4.52 Å². The molecule has 1 amide bonds. The molecule has 7 heteroatoms. The van der Waals surface area contributed by atoms with E-state index in [1.165, 1.54) is 12.8 Å². The van der Waals surface area contributed by atoms with Gasteiger partial charge in [-0.2, -0.15) is 4.98 Å². The van der Waals surface area contributed by atoms with Crippen LogP contribution in [-0.4, -0.2) is 45.1 Å². The first kappa shape index (κ1) is 15.1. The van der Waals surface area contributed by atoms with Gasteiger partial charge in [0.15, 0.2) is 5.82 Å². The van der Waals surface area contributed by atoms with E-state index in [0.717, 1.165) is 25.2 Å². The maximum Gasteiger partial charge on any atom is 0.255 e. The molecule has 2 aliphatic rings. The standard InChI is InChI=1S/C17H21N5O2/c1-11-19-16(21-24-11)13-3-2-8-22(10-13)17(23)12-4-7-15(18-9-12)20-14-5-6-14/h4,7,9,13-14H,2-3,5-6,8,10H2,1H3,(H,18,20). The maximum atomic E-state index is 12.7. The quantitative estimate of drug-likeness (QED) is 0.928. The molecule has 0 bridgehead atoms. The van der Waals surface area contributed by atoms with Gasteiger partial charge in [-0.1, -0.05) is 5.16 Å². The highest BCUT2D eigenvalue weighted by molar-refractivity contribution is 5.94. The summed E-state index contributed by atoms with van der Waals surface area (Å²) in [5, 5.41) is 7.34. The topological polar surface area (TPSA) is 84.2 Å². The summed E-state index contributed by atoms with van der Waals surface area (Å²) < 4.78 is 5.07. The Balaban J connectivity index is 1.43. The zero-order chi connectivity index (χ0) is 16.5. The van der Waals surface area contributed by atoms with Gasteiger partial charge in [0.05, 0.1) is 5.56 Å². The molecule has 4 rings (SSSR count). The second-order valence-corrected chi connectivity index (χ2v) is 6.61. The molecule has 24 heavy (non-hydrogen) atoms. The zero-order valence-corrected chi connectivity index (χ0v) is 13.7. The molecule has 2 aromatic rings. The third-order valence-corrected chi connectivity index (χ3v) is 4.56. The highest BCUT2D eigenvalue weighted by Crippen LogP contribution is 2.26. The summed E-state index contributed by atoms with van der Waals surface area (Å²) in [6, 6.07) is 4.29. The van der Waals surface area contributed by atoms with Gasteiger partial charge in [-0.3, -0.25) is 4.79 Å². The first-order valence-electron chi connectivity index (χ1n) is 8.51. The van der Waals surface area contributed by atoms with Crippen LogP contribution >= 0.6 is 0 Å². The van der Waals surface area contributed by atoms with Gasteiger partial charge in [0.25, 0.3) is 5.91 Å². The van der Waals surface area contributed by atoms with Gasteiger partial charge in [-0.05, 0) is 37.8 Å². The van der Waals surface area contributed by atoms with Crippen LogP contribution in [-0.2, 0) is 0 Å². The Bertz CT molecular complexity index is 723. The minimum Gasteiger partial charge on any atom is -0.367 e. The van der Waals surface area contributed by atoms with Crippen molar-refractivity contribution in [1.29, 1.82) is 0 Å². The number of pyridine rings is 1. The van der Waals surface area contributed by atoms with E-state index in [1.54, 1.807) is 13.1 Å². The summed E-state index contributed by atoms with van der Waals surface area (Å²) in [6.07, 6.45) is 5.99. The van der Waals surface area contributed by atoms with E-state index in [-0.39, 0.29) is 11.8 Å². The number of anilines is 1. The lowest BCUT2D eigenvalue weighted by Gasteiger charge is -2.31. The van der Waals surface area contributed by atoms with Gasteiger partial charge in [-0.25, -0.2) is 4.98 Å². The summed E-state index contributed by atoms with van der Waals surface area (Å²) in [5.74, 6) is 2.27. The lowest BCUT2D eigenvalue weighted by molar-refractivity contribution is 0.0703. The molecular formula is C17H21N5O2. The fraction of sp³-hybridized carbons (Fsp3) is 0.529. The molecule has 0 spiro atoms. The molecule has 126 valence electrons. The van der Waals surface area contributed by atoms with E-state index in [2.05, 4.69) is 20.4 Å². The SMILES string of the molecule is Cc1nc(C2CCCN(C(=O)c3ccc(NC4CC4)nc3)C2)no1. The Morgan fingerprint density at radius 1 is 1.33 bits per heavy atom. The number of nitrogens with one attached hydrogen (secondary N) is 1. The van der Waals surface area contributed by atoms with Gasteiger partial charge >= 0.3 is 0 Å². The summed E-state index contributed by atoms with van der Waals surface area (Å²) in [5.41, 5.74) is 0.626. The van der Waals surface area contributed by atoms with Crippen molar-refractivity contribution in [3.05, 3.63) is 35.6 Å². The van der Waals surface area contributed by atoms with Crippen LogP contribution < -0.4 is 5.32 Å². The maximum absolute atomic E-state index is 12.7. The number of carbonyl (C=O) groups is 1. The number of nitrogens with zero attached hydrogens (tertiary/aromatic N) is 4. The van der Waals surface area contributed by atoms with Crippen molar-refractivity contribution in [3.8, 4) is 0 Å². The molecular weight excluding hydrogens is 306 g/mol. The Morgan fingerprint density at radius 3 is 2.88 bits per heavy atom. The van der Waals surface area contributed by atoms with Gasteiger partial charge in [0.1, 0.15) is 5.82 Å². The van der Waals surface area contributed by atoms with Crippen LogP contribution in [0.2, 0.25) is 0 Å². The number of hydrogen-bond acceptors (Lipinski definition) is 6. The first-order valence-corrected chi connectivity index (χ1v) is 8.51. The van der Waals surface area contributed by atoms with Gasteiger partial charge < -0.3 is 14.7 Å². The Hall–Kier alpha value is -2.44. The summed E-state index contributed by atoms with van der Waals surface area (Å²) >= 11 is 0. The largest absolute Gasteiger partial charge is 0.367 e. The third-order valence-electron chi connectivity index (χ3n) is 4.56. The molecule has 1 unspecified atom stereocenters. The van der Waals surface area contributed by atoms with Crippen LogP contribution in [0.4, 0.5) is 5.82 Å². The second kappa shape index (κ2) is 6.22. The monoisotopic (exact) mass is 327 g/mol. The number of rotatable bonds is 4. The van der Waals surface area contributed by atoms with E-state index >= 15 is 0 Å². The molecule has 1 aliphatic heterocycles. The predicted octanol–water partition coefficient (Wildman–Crippen LogP) is 2.37. The van der Waals surface area contributed by atoms with Crippen molar-refractivity contribution in [2.75, 3.05) is 18.4 Å². The highest BCUT2D eigenvalue weighted by Gasteiger charge is 2.28. The number of carbonyl (C=O) groups excluding carboxylic acids is 1. The van der Waals surface area contributed by atoms with Crippen molar-refractivity contribution < 1.29 is 9.32 Å². The summed E-state index contributed by atoms with van der Waals surface area (Å²) in [4.78, 5) is 23.3. The number of aryl methyl sites for hydroxylation is 1. The summed E-state index contributed by atoms with van der Waals surface area (Å²) in [6.45, 7) is 3.17. The molecule has 2 fully saturated rings. The predicted molar refractivity (Wildman–Crippen MR) is 87.8 cm³/mol. The van der Waals surface area contributed by atoms with Crippen LogP contribution in [0.25, 0.3) is 0 Å². The van der Waals surface area contributed by atoms with Crippen LogP contribution in [0.1, 0.15) is 53.7 Å². The molecule has 1 atom stereocenters. The highest BCUT2D eigenvalue weighted by atomic mass is 16.5. The van der Waals surface area contributed by atoms with Gasteiger partial charge in [0.2, 0.25) is 5.89 Å². The second-order valence-electron chi connectivity index (χ2n) is 6.61. The number of amides is 1. The summed E-state index contributed by atoms with van der Waals surface area (Å²) in [7, 11) is 0. The molecule has 3 heterocycles. The average molecular weight is 327 g/mol. The molecule has 1 saturated heterocycles. The Morgan fingerprint density at radius 2 is 2.21 bits per heavy atom. The minimum absolute atomic E-state index is 0.0189. The Labute approximate surface area is 140 Å². The molecule has 0 aromatic carbocycles. The van der Waals surface area contributed by atoms with E-state index in [9.17, 15) is 4.79 Å². The number of likely N-dealkylation sites (tertiary alicyclic amines) is 1. The average Bonchev–Trinajstić information content (AvgIpc) is 3.32. The molecule has 1 saturated carbocycles. The normalized spacial score (nSPS) is 20.9. The molecule has 7 nitrogen and oxygen atoms in total. The molecule has 1 aliphatic carbocycles. The fourth-order valence-corrected chi connectivity index (χ4v) is 3.08. The number of piperidine rings is 1. The van der Waals surface area contributed by atoms with Gasteiger partial charge in [-0.15, -0.1) is 0 Å². The van der Waals surface area contributed by atoms with E-state index in [0.29, 0.717) is 29.9 Å². The smallest absolute Gasteiger partial charge is 0.255 e. The van der Waals surface area contributed by atoms with Crippen molar-refractivity contribution >= 4 is 11.7 Å². The van der Waals surface area contributed by atoms with E-state index < -0.39 is 0 Å². The van der Waals surface area contributed by atoms with Crippen LogP contribution in [0.15, 0.2) is 22.9 Å². The molecule has 1 N–H and O–H groups in total. The molecule has 2 aromatic heterocycles. The van der Waals surface area contributed by atoms with Crippen LogP contribution in [0.3, 0.4) is 0 Å². The molecule has 0 radical (unpaired) electrons. The lowest BCUT2D eigenvalue weighted by atomic mass is 9.97. The fourth-order valence-electron chi connectivity index (χ4n) is 3.08. The zero-order valence-electron chi connectivity index (χ0n) is 13.7. The lowest BCUT2D eigenvalue weighted by Crippen LogP contribution is -2.39. The van der Waals surface area contributed by atoms with E-state index in [1.807, 2.05) is 17.0 Å². The first-order chi connectivity index (χ1) is 11.7. The number of aromatic nitrogens is 3. The van der Waals surface area contributed by atoms with Crippen molar-refractivity contribution in [3.63, 3.8) is 0 Å². The van der Waals surface area contributed by atoms with Crippen molar-refractivity contribution in [2.24, 2.45) is 0 Å². The van der Waals surface area contributed by atoms with Crippen molar-refractivity contribution in [2.45, 2.75) is 44.6 Å². The Kier molecular flexibility index (Phi) is 3.92. The minimum atomic E-state index is 0.0189. The van der Waals surface area contributed by atoms with Crippen LogP contribution in [0.5, 0.6) is 0 Å².